The normalized spacial score (nSPS) is 10.6. The predicted octanol–water partition coefficient (Wildman–Crippen LogP) is 3.44. The maximum atomic E-state index is 12.2. The number of carbonyl (C=O) groups is 1. The molecule has 0 saturated heterocycles. The van der Waals surface area contributed by atoms with E-state index >= 15 is 0 Å². The molecule has 0 aliphatic rings. The third-order valence-electron chi connectivity index (χ3n) is 4.49. The Hall–Kier alpha value is -3.53. The van der Waals surface area contributed by atoms with Gasteiger partial charge in [-0.05, 0) is 25.2 Å². The summed E-state index contributed by atoms with van der Waals surface area (Å²) in [6, 6.07) is 14.3. The van der Waals surface area contributed by atoms with Crippen molar-refractivity contribution in [2.45, 2.75) is 19.9 Å². The van der Waals surface area contributed by atoms with Crippen LogP contribution in [0.1, 0.15) is 12.0 Å². The molecule has 2 aromatic carbocycles. The van der Waals surface area contributed by atoms with Crippen molar-refractivity contribution < 1.29 is 9.72 Å². The van der Waals surface area contributed by atoms with E-state index in [9.17, 15) is 14.9 Å². The molecule has 0 aliphatic carbocycles. The molecular formula is C20H22N6O3S. The highest BCUT2D eigenvalue weighted by molar-refractivity contribution is 7.71. The first kappa shape index (κ1) is 21.2. The van der Waals surface area contributed by atoms with E-state index in [-0.39, 0.29) is 18.0 Å². The highest BCUT2D eigenvalue weighted by Crippen LogP contribution is 2.22. The van der Waals surface area contributed by atoms with Gasteiger partial charge in [-0.2, -0.15) is 5.10 Å². The van der Waals surface area contributed by atoms with Crippen molar-refractivity contribution >= 4 is 29.5 Å². The number of amides is 1. The summed E-state index contributed by atoms with van der Waals surface area (Å²) in [4.78, 5) is 22.8. The Kier molecular flexibility index (Phi) is 6.91. The number of para-hydroxylation sites is 2. The van der Waals surface area contributed by atoms with Gasteiger partial charge in [-0.3, -0.25) is 24.6 Å². The fourth-order valence-electron chi connectivity index (χ4n) is 2.93. The topological polar surface area (TPSA) is 118 Å². The lowest BCUT2D eigenvalue weighted by Crippen LogP contribution is -2.29. The molecule has 3 rings (SSSR count). The van der Waals surface area contributed by atoms with Crippen LogP contribution in [0.5, 0.6) is 0 Å². The molecule has 1 heterocycles. The zero-order chi connectivity index (χ0) is 21.5. The number of aromatic nitrogens is 3. The van der Waals surface area contributed by atoms with Gasteiger partial charge in [0.05, 0.1) is 4.92 Å². The minimum Gasteiger partial charge on any atom is -0.378 e. The van der Waals surface area contributed by atoms with Crippen molar-refractivity contribution in [1.82, 2.24) is 20.1 Å². The van der Waals surface area contributed by atoms with Gasteiger partial charge in [0.25, 0.3) is 5.69 Å². The Morgan fingerprint density at radius 1 is 1.20 bits per heavy atom. The molecule has 0 unspecified atom stereocenters. The molecule has 0 radical (unpaired) electrons. The minimum atomic E-state index is -0.443. The first-order valence-electron chi connectivity index (χ1n) is 9.42. The van der Waals surface area contributed by atoms with Gasteiger partial charge < -0.3 is 10.6 Å². The average molecular weight is 427 g/mol. The molecule has 3 aromatic rings. The minimum absolute atomic E-state index is 0.00166. The van der Waals surface area contributed by atoms with Crippen LogP contribution < -0.4 is 10.6 Å². The number of nitrogens with zero attached hydrogens (tertiary/aromatic N) is 3. The molecule has 30 heavy (non-hydrogen) atoms. The SMILES string of the molecule is Cc1ccc(-c2n[nH]c(=S)n2CCC(=O)NCCNc2ccccc2[N+](=O)[O-])cc1. The number of benzene rings is 2. The fourth-order valence-corrected chi connectivity index (χ4v) is 3.15. The smallest absolute Gasteiger partial charge is 0.292 e. The molecular weight excluding hydrogens is 404 g/mol. The van der Waals surface area contributed by atoms with Crippen molar-refractivity contribution in [1.29, 1.82) is 0 Å². The molecule has 1 aromatic heterocycles. The van der Waals surface area contributed by atoms with Crippen LogP contribution in [0.3, 0.4) is 0 Å². The van der Waals surface area contributed by atoms with Crippen LogP contribution in [0.2, 0.25) is 0 Å². The number of hydrogen-bond acceptors (Lipinski definition) is 6. The monoisotopic (exact) mass is 426 g/mol. The average Bonchev–Trinajstić information content (AvgIpc) is 3.10. The first-order valence-corrected chi connectivity index (χ1v) is 9.83. The first-order chi connectivity index (χ1) is 14.5. The van der Waals surface area contributed by atoms with Gasteiger partial charge in [-0.1, -0.05) is 42.0 Å². The van der Waals surface area contributed by atoms with E-state index in [4.69, 9.17) is 12.2 Å². The maximum absolute atomic E-state index is 12.2. The quantitative estimate of drug-likeness (QED) is 0.209. The van der Waals surface area contributed by atoms with Gasteiger partial charge in [0, 0.05) is 37.7 Å². The van der Waals surface area contributed by atoms with Crippen molar-refractivity contribution in [3.63, 3.8) is 0 Å². The summed E-state index contributed by atoms with van der Waals surface area (Å²) in [5.74, 6) is 0.545. The van der Waals surface area contributed by atoms with E-state index in [1.807, 2.05) is 31.2 Å². The number of carbonyl (C=O) groups excluding carboxylic acids is 1. The summed E-state index contributed by atoms with van der Waals surface area (Å²) in [6.45, 7) is 3.11. The number of anilines is 1. The van der Waals surface area contributed by atoms with Gasteiger partial charge in [-0.15, -0.1) is 0 Å². The number of aryl methyl sites for hydroxylation is 1. The van der Waals surface area contributed by atoms with E-state index < -0.39 is 4.92 Å². The fraction of sp³-hybridized carbons (Fsp3) is 0.250. The van der Waals surface area contributed by atoms with Gasteiger partial charge in [0.1, 0.15) is 5.69 Å². The molecule has 10 heteroatoms. The number of rotatable bonds is 9. The molecule has 0 aliphatic heterocycles. The molecule has 1 amide bonds. The Morgan fingerprint density at radius 3 is 2.67 bits per heavy atom. The lowest BCUT2D eigenvalue weighted by Gasteiger charge is -2.10. The van der Waals surface area contributed by atoms with Crippen molar-refractivity contribution in [3.05, 3.63) is 69.0 Å². The zero-order valence-electron chi connectivity index (χ0n) is 16.4. The Labute approximate surface area is 178 Å². The van der Waals surface area contributed by atoms with Crippen molar-refractivity contribution in [2.24, 2.45) is 0 Å². The molecule has 3 N–H and O–H groups in total. The van der Waals surface area contributed by atoms with Crippen LogP contribution in [0.15, 0.2) is 48.5 Å². The van der Waals surface area contributed by atoms with Crippen LogP contribution in [0, 0.1) is 21.8 Å². The highest BCUT2D eigenvalue weighted by Gasteiger charge is 2.12. The van der Waals surface area contributed by atoms with E-state index in [0.717, 1.165) is 11.1 Å². The molecule has 0 saturated carbocycles. The molecule has 0 fully saturated rings. The van der Waals surface area contributed by atoms with Crippen LogP contribution in [0.4, 0.5) is 11.4 Å². The molecule has 0 spiro atoms. The van der Waals surface area contributed by atoms with Gasteiger partial charge in [-0.25, -0.2) is 0 Å². The number of nitro benzene ring substituents is 1. The lowest BCUT2D eigenvalue weighted by molar-refractivity contribution is -0.384. The molecule has 156 valence electrons. The van der Waals surface area contributed by atoms with Gasteiger partial charge in [0.2, 0.25) is 5.91 Å². The third-order valence-corrected chi connectivity index (χ3v) is 4.81. The van der Waals surface area contributed by atoms with Crippen LogP contribution in [-0.2, 0) is 11.3 Å². The van der Waals surface area contributed by atoms with Gasteiger partial charge >= 0.3 is 0 Å². The van der Waals surface area contributed by atoms with Gasteiger partial charge in [0.15, 0.2) is 10.6 Å². The molecule has 9 nitrogen and oxygen atoms in total. The van der Waals surface area contributed by atoms with E-state index in [0.29, 0.717) is 35.9 Å². The number of H-pyrrole nitrogens is 1. The molecule has 0 bridgehead atoms. The lowest BCUT2D eigenvalue weighted by atomic mass is 10.1. The number of nitro groups is 1. The standard InChI is InChI=1S/C20H22N6O3S/c1-14-6-8-15(9-7-14)19-23-24-20(30)25(19)13-10-18(27)22-12-11-21-16-4-2-3-5-17(16)26(28)29/h2-9,21H,10-13H2,1H3,(H,22,27)(H,24,30). The molecule has 0 atom stereocenters. The second kappa shape index (κ2) is 9.79. The summed E-state index contributed by atoms with van der Waals surface area (Å²) in [5.41, 5.74) is 2.49. The second-order valence-corrected chi connectivity index (χ2v) is 7.06. The summed E-state index contributed by atoms with van der Waals surface area (Å²) < 4.78 is 2.25. The van der Waals surface area contributed by atoms with Crippen LogP contribution >= 0.6 is 12.2 Å². The summed E-state index contributed by atoms with van der Waals surface area (Å²) in [6.07, 6.45) is 0.234. The Balaban J connectivity index is 1.50. The van der Waals surface area contributed by atoms with Crippen molar-refractivity contribution in [2.75, 3.05) is 18.4 Å². The van der Waals surface area contributed by atoms with Crippen LogP contribution in [-0.4, -0.2) is 38.7 Å². The maximum Gasteiger partial charge on any atom is 0.292 e. The summed E-state index contributed by atoms with van der Waals surface area (Å²) in [7, 11) is 0. The Bertz CT molecular complexity index is 1090. The number of aromatic amines is 1. The highest BCUT2D eigenvalue weighted by atomic mass is 32.1. The predicted molar refractivity (Wildman–Crippen MR) is 117 cm³/mol. The van der Waals surface area contributed by atoms with Crippen LogP contribution in [0.25, 0.3) is 11.4 Å². The summed E-state index contributed by atoms with van der Waals surface area (Å²) >= 11 is 5.29. The number of nitrogens with one attached hydrogen (secondary N) is 3. The number of hydrogen-bond donors (Lipinski definition) is 3. The van der Waals surface area contributed by atoms with E-state index in [1.165, 1.54) is 6.07 Å². The third kappa shape index (κ3) is 5.29. The zero-order valence-corrected chi connectivity index (χ0v) is 17.2. The summed E-state index contributed by atoms with van der Waals surface area (Å²) in [5, 5.41) is 23.8. The van der Waals surface area contributed by atoms with E-state index in [2.05, 4.69) is 20.8 Å². The van der Waals surface area contributed by atoms with E-state index in [1.54, 1.807) is 22.8 Å². The largest absolute Gasteiger partial charge is 0.378 e. The second-order valence-electron chi connectivity index (χ2n) is 6.67. The van der Waals surface area contributed by atoms with Crippen molar-refractivity contribution in [3.8, 4) is 11.4 Å². The Morgan fingerprint density at radius 2 is 1.93 bits per heavy atom.